The van der Waals surface area contributed by atoms with Crippen molar-refractivity contribution in [3.63, 3.8) is 0 Å². The standard InChI is InChI=1S/C30H31F6N5O3/c1-28(2,3)24-18(9-8-15-40(24)27(43)44)17-37-23(42)14-16-41-26(20-11-5-7-13-22(20)30(34,35)36)38-25(39-41)19-10-4-6-12-21(19)29(31,32)33/h4-7,10-14,16,18,24H,8-9,15,17H2,1-3H3,(H,37,42)(H,43,44). The number of nitrogens with one attached hydrogen (secondary N) is 1. The van der Waals surface area contributed by atoms with Gasteiger partial charge in [-0.1, -0.05) is 57.2 Å². The highest BCUT2D eigenvalue weighted by molar-refractivity contribution is 5.90. The Bertz CT molecular complexity index is 1540. The number of alkyl halides is 6. The number of likely N-dealkylation sites (tertiary alicyclic amines) is 1. The van der Waals surface area contributed by atoms with E-state index in [1.807, 2.05) is 20.8 Å². The Morgan fingerprint density at radius 2 is 1.52 bits per heavy atom. The number of piperidine rings is 1. The van der Waals surface area contributed by atoms with Gasteiger partial charge in [-0.05, 0) is 36.3 Å². The van der Waals surface area contributed by atoms with Gasteiger partial charge in [0.05, 0.1) is 11.1 Å². The molecule has 1 saturated heterocycles. The molecule has 236 valence electrons. The number of amides is 2. The molecule has 1 aliphatic heterocycles. The number of rotatable bonds is 6. The minimum absolute atomic E-state index is 0.125. The second-order valence-corrected chi connectivity index (χ2v) is 11.5. The quantitative estimate of drug-likeness (QED) is 0.227. The first-order chi connectivity index (χ1) is 20.5. The van der Waals surface area contributed by atoms with Crippen LogP contribution in [-0.2, 0) is 17.1 Å². The van der Waals surface area contributed by atoms with E-state index in [4.69, 9.17) is 0 Å². The summed E-state index contributed by atoms with van der Waals surface area (Å²) in [6, 6.07) is 8.43. The molecule has 0 aliphatic carbocycles. The molecule has 8 nitrogen and oxygen atoms in total. The van der Waals surface area contributed by atoms with Crippen molar-refractivity contribution in [2.75, 3.05) is 13.1 Å². The van der Waals surface area contributed by atoms with Crippen LogP contribution in [0.1, 0.15) is 44.7 Å². The lowest BCUT2D eigenvalue weighted by atomic mass is 9.74. The van der Waals surface area contributed by atoms with E-state index in [2.05, 4.69) is 15.4 Å². The molecule has 0 saturated carbocycles. The number of nitrogens with zero attached hydrogens (tertiary/aromatic N) is 4. The highest BCUT2D eigenvalue weighted by atomic mass is 19.4. The van der Waals surface area contributed by atoms with Crippen LogP contribution < -0.4 is 5.32 Å². The van der Waals surface area contributed by atoms with E-state index >= 15 is 0 Å². The summed E-state index contributed by atoms with van der Waals surface area (Å²) in [7, 11) is 0. The van der Waals surface area contributed by atoms with E-state index in [-0.39, 0.29) is 18.5 Å². The molecule has 1 fully saturated rings. The van der Waals surface area contributed by atoms with Crippen LogP contribution in [0.4, 0.5) is 31.1 Å². The fourth-order valence-corrected chi connectivity index (χ4v) is 5.68. The third-order valence-electron chi connectivity index (χ3n) is 7.37. The molecule has 14 heteroatoms. The predicted octanol–water partition coefficient (Wildman–Crippen LogP) is 7.04. The van der Waals surface area contributed by atoms with Gasteiger partial charge >= 0.3 is 18.4 Å². The number of halogens is 6. The van der Waals surface area contributed by atoms with Gasteiger partial charge in [0.15, 0.2) is 11.6 Å². The molecule has 0 spiro atoms. The van der Waals surface area contributed by atoms with Gasteiger partial charge in [0.25, 0.3) is 0 Å². The van der Waals surface area contributed by atoms with Crippen LogP contribution in [-0.4, -0.2) is 55.9 Å². The highest BCUT2D eigenvalue weighted by Crippen LogP contribution is 2.40. The van der Waals surface area contributed by atoms with Crippen LogP contribution in [0.15, 0.2) is 54.6 Å². The van der Waals surface area contributed by atoms with Crippen molar-refractivity contribution < 1.29 is 41.0 Å². The third kappa shape index (κ3) is 7.22. The molecule has 2 atom stereocenters. The number of aromatic nitrogens is 3. The summed E-state index contributed by atoms with van der Waals surface area (Å²) in [5.41, 5.74) is -3.48. The Balaban J connectivity index is 1.68. The molecule has 4 rings (SSSR count). The van der Waals surface area contributed by atoms with Gasteiger partial charge in [-0.3, -0.25) is 4.79 Å². The predicted molar refractivity (Wildman–Crippen MR) is 150 cm³/mol. The smallest absolute Gasteiger partial charge is 0.417 e. The molecule has 2 amide bonds. The first kappa shape index (κ1) is 32.6. The molecule has 3 aromatic rings. The van der Waals surface area contributed by atoms with E-state index in [1.165, 1.54) is 23.1 Å². The minimum atomic E-state index is -4.81. The van der Waals surface area contributed by atoms with Crippen molar-refractivity contribution in [2.45, 2.75) is 52.0 Å². The molecule has 2 unspecified atom stereocenters. The Morgan fingerprint density at radius 1 is 0.955 bits per heavy atom. The lowest BCUT2D eigenvalue weighted by Crippen LogP contribution is -2.56. The first-order valence-electron chi connectivity index (χ1n) is 13.7. The van der Waals surface area contributed by atoms with Crippen molar-refractivity contribution in [1.82, 2.24) is 25.0 Å². The molecular formula is C30H31F6N5O3. The molecule has 2 aromatic carbocycles. The molecule has 0 bridgehead atoms. The van der Waals surface area contributed by atoms with E-state index in [1.54, 1.807) is 0 Å². The number of carboxylic acid groups (broad SMARTS) is 1. The number of hydrogen-bond acceptors (Lipinski definition) is 4. The van der Waals surface area contributed by atoms with Crippen LogP contribution in [0.5, 0.6) is 0 Å². The maximum atomic E-state index is 13.9. The van der Waals surface area contributed by atoms with Crippen LogP contribution in [0, 0.1) is 11.3 Å². The van der Waals surface area contributed by atoms with Crippen LogP contribution in [0.2, 0.25) is 0 Å². The molecule has 2 heterocycles. The summed E-state index contributed by atoms with van der Waals surface area (Å²) in [5, 5.41) is 16.5. The zero-order valence-corrected chi connectivity index (χ0v) is 24.1. The fourth-order valence-electron chi connectivity index (χ4n) is 5.68. The highest BCUT2D eigenvalue weighted by Gasteiger charge is 2.42. The molecule has 44 heavy (non-hydrogen) atoms. The van der Waals surface area contributed by atoms with Gasteiger partial charge in [-0.25, -0.2) is 14.5 Å². The topological polar surface area (TPSA) is 100 Å². The van der Waals surface area contributed by atoms with Gasteiger partial charge in [0, 0.05) is 42.5 Å². The van der Waals surface area contributed by atoms with E-state index in [9.17, 15) is 41.0 Å². The van der Waals surface area contributed by atoms with Gasteiger partial charge < -0.3 is 15.3 Å². The summed E-state index contributed by atoms with van der Waals surface area (Å²) in [6.45, 7) is 6.23. The van der Waals surface area contributed by atoms with Crippen LogP contribution in [0.3, 0.4) is 0 Å². The number of hydrogen-bond donors (Lipinski definition) is 2. The minimum Gasteiger partial charge on any atom is -0.465 e. The van der Waals surface area contributed by atoms with Gasteiger partial charge in [-0.15, -0.1) is 5.10 Å². The largest absolute Gasteiger partial charge is 0.465 e. The van der Waals surface area contributed by atoms with Crippen LogP contribution in [0.25, 0.3) is 29.0 Å². The average molecular weight is 624 g/mol. The molecular weight excluding hydrogens is 592 g/mol. The van der Waals surface area contributed by atoms with Gasteiger partial charge in [0.2, 0.25) is 5.91 Å². The maximum absolute atomic E-state index is 13.9. The molecule has 0 radical (unpaired) electrons. The SMILES string of the molecule is CC(C)(C)C1C(CNC(=O)C=Cn2nc(-c3ccccc3C(F)(F)F)nc2-c2ccccc2C(F)(F)F)CCCN1C(=O)O. The summed E-state index contributed by atoms with van der Waals surface area (Å²) in [6.07, 6.45) is -7.37. The zero-order chi connectivity index (χ0) is 32.4. The first-order valence-corrected chi connectivity index (χ1v) is 13.7. The van der Waals surface area contributed by atoms with Crippen molar-refractivity contribution >= 4 is 18.2 Å². The lowest BCUT2D eigenvalue weighted by molar-refractivity contribution is -0.137. The van der Waals surface area contributed by atoms with Crippen molar-refractivity contribution in [2.24, 2.45) is 11.3 Å². The van der Waals surface area contributed by atoms with Gasteiger partial charge in [0.1, 0.15) is 0 Å². The average Bonchev–Trinajstić information content (AvgIpc) is 3.37. The lowest BCUT2D eigenvalue weighted by Gasteiger charge is -2.46. The van der Waals surface area contributed by atoms with Crippen molar-refractivity contribution in [3.05, 3.63) is 65.7 Å². The number of carbonyl (C=O) groups is 2. The summed E-state index contributed by atoms with van der Waals surface area (Å²) in [5.74, 6) is -1.78. The molecule has 1 aliphatic rings. The molecule has 2 N–H and O–H groups in total. The fraction of sp³-hybridized carbons (Fsp3) is 0.400. The zero-order valence-electron chi connectivity index (χ0n) is 24.1. The Labute approximate surface area is 249 Å². The summed E-state index contributed by atoms with van der Waals surface area (Å²) < 4.78 is 83.6. The Morgan fingerprint density at radius 3 is 2.09 bits per heavy atom. The van der Waals surface area contributed by atoms with Crippen molar-refractivity contribution in [1.29, 1.82) is 0 Å². The number of benzene rings is 2. The van der Waals surface area contributed by atoms with E-state index in [0.29, 0.717) is 19.4 Å². The number of carbonyl (C=O) groups excluding carboxylic acids is 1. The Hall–Kier alpha value is -4.36. The van der Waals surface area contributed by atoms with E-state index in [0.717, 1.165) is 47.3 Å². The second kappa shape index (κ2) is 12.3. The monoisotopic (exact) mass is 623 g/mol. The maximum Gasteiger partial charge on any atom is 0.417 e. The van der Waals surface area contributed by atoms with E-state index < -0.39 is 63.7 Å². The summed E-state index contributed by atoms with van der Waals surface area (Å²) in [4.78, 5) is 30.1. The third-order valence-corrected chi connectivity index (χ3v) is 7.37. The summed E-state index contributed by atoms with van der Waals surface area (Å²) >= 11 is 0. The normalized spacial score (nSPS) is 18.1. The second-order valence-electron chi connectivity index (χ2n) is 11.5. The Kier molecular flexibility index (Phi) is 9.12. The van der Waals surface area contributed by atoms with Crippen molar-refractivity contribution in [3.8, 4) is 22.8 Å². The molecule has 1 aromatic heterocycles. The van der Waals surface area contributed by atoms with Crippen LogP contribution >= 0.6 is 0 Å². The van der Waals surface area contributed by atoms with Gasteiger partial charge in [-0.2, -0.15) is 26.3 Å².